The smallest absolute Gasteiger partial charge is 0.214 e. The van der Waals surface area contributed by atoms with Gasteiger partial charge >= 0.3 is 0 Å². The highest BCUT2D eigenvalue weighted by Crippen LogP contribution is 2.14. The first-order chi connectivity index (χ1) is 8.86. The summed E-state index contributed by atoms with van der Waals surface area (Å²) >= 11 is 5.29. The average molecular weight is 263 g/mol. The monoisotopic (exact) mass is 263 g/mol. The summed E-state index contributed by atoms with van der Waals surface area (Å²) in [5, 5.41) is 9.21. The van der Waals surface area contributed by atoms with E-state index in [2.05, 4.69) is 20.2 Å². The molecule has 0 atom stereocenters. The summed E-state index contributed by atoms with van der Waals surface area (Å²) in [6.45, 7) is 3.00. The maximum Gasteiger partial charge on any atom is 0.214 e. The fraction of sp³-hybridized carbons (Fsp3) is 0.364. The molecular weight excluding hydrogens is 250 g/mol. The van der Waals surface area contributed by atoms with Crippen molar-refractivity contribution in [3.63, 3.8) is 0 Å². The van der Waals surface area contributed by atoms with E-state index in [1.54, 1.807) is 6.20 Å². The maximum absolute atomic E-state index is 5.35. The molecule has 1 aliphatic heterocycles. The molecule has 3 rings (SSSR count). The Morgan fingerprint density at radius 3 is 2.83 bits per heavy atom. The molecule has 1 aliphatic rings. The average Bonchev–Trinajstić information content (AvgIpc) is 2.83. The summed E-state index contributed by atoms with van der Waals surface area (Å²) in [6, 6.07) is 5.73. The maximum atomic E-state index is 5.35. The quantitative estimate of drug-likeness (QED) is 0.818. The summed E-state index contributed by atoms with van der Waals surface area (Å²) in [6.07, 6.45) is 1.75. The van der Waals surface area contributed by atoms with Gasteiger partial charge in [-0.15, -0.1) is 0 Å². The minimum absolute atomic E-state index is 0.581. The largest absolute Gasteiger partial charge is 0.378 e. The summed E-state index contributed by atoms with van der Waals surface area (Å²) < 4.78 is 7.83. The number of hydrogen-bond acceptors (Lipinski definition) is 5. The van der Waals surface area contributed by atoms with Crippen molar-refractivity contribution in [1.29, 1.82) is 0 Å². The molecule has 2 aromatic rings. The van der Waals surface area contributed by atoms with E-state index >= 15 is 0 Å². The molecule has 6 nitrogen and oxygen atoms in total. The van der Waals surface area contributed by atoms with Crippen LogP contribution in [0.15, 0.2) is 24.4 Å². The molecule has 2 aromatic heterocycles. The van der Waals surface area contributed by atoms with Crippen LogP contribution in [0, 0.1) is 4.77 Å². The van der Waals surface area contributed by atoms with Gasteiger partial charge in [0.25, 0.3) is 0 Å². The number of hydrogen-bond donors (Lipinski definition) is 1. The Kier molecular flexibility index (Phi) is 3.07. The lowest BCUT2D eigenvalue weighted by atomic mass is 10.3. The number of nitrogens with one attached hydrogen (secondary N) is 1. The summed E-state index contributed by atoms with van der Waals surface area (Å²) in [7, 11) is 0. The van der Waals surface area contributed by atoms with Crippen LogP contribution in [0.2, 0.25) is 0 Å². The molecule has 94 valence electrons. The molecular formula is C11H13N5OS. The molecule has 18 heavy (non-hydrogen) atoms. The van der Waals surface area contributed by atoms with Crippen LogP contribution in [0.4, 0.5) is 0 Å². The van der Waals surface area contributed by atoms with Gasteiger partial charge in [0.05, 0.1) is 26.3 Å². The summed E-state index contributed by atoms with van der Waals surface area (Å²) in [5.41, 5.74) is 0.802. The van der Waals surface area contributed by atoms with Gasteiger partial charge in [0.15, 0.2) is 5.82 Å². The summed E-state index contributed by atoms with van der Waals surface area (Å²) in [5.74, 6) is 0.738. The number of ether oxygens (including phenoxy) is 1. The number of aromatic nitrogens is 4. The molecule has 0 aromatic carbocycles. The third-order valence-electron chi connectivity index (χ3n) is 2.81. The Bertz CT molecular complexity index is 573. The molecule has 0 bridgehead atoms. The zero-order chi connectivity index (χ0) is 12.4. The highest BCUT2D eigenvalue weighted by molar-refractivity contribution is 7.71. The van der Waals surface area contributed by atoms with Crippen LogP contribution in [0.1, 0.15) is 0 Å². The second-order valence-electron chi connectivity index (χ2n) is 3.95. The van der Waals surface area contributed by atoms with Gasteiger partial charge in [0, 0.05) is 6.20 Å². The molecule has 0 saturated carbocycles. The van der Waals surface area contributed by atoms with Crippen molar-refractivity contribution in [1.82, 2.24) is 19.9 Å². The van der Waals surface area contributed by atoms with E-state index in [1.165, 1.54) is 0 Å². The topological polar surface area (TPSA) is 59.0 Å². The van der Waals surface area contributed by atoms with Crippen LogP contribution < -0.4 is 5.01 Å². The van der Waals surface area contributed by atoms with E-state index in [-0.39, 0.29) is 0 Å². The number of H-pyrrole nitrogens is 1. The molecule has 0 radical (unpaired) electrons. The lowest BCUT2D eigenvalue weighted by molar-refractivity contribution is 0.111. The first-order valence-electron chi connectivity index (χ1n) is 5.78. The Morgan fingerprint density at radius 1 is 1.28 bits per heavy atom. The minimum atomic E-state index is 0.581. The molecule has 0 unspecified atom stereocenters. The van der Waals surface area contributed by atoms with Crippen molar-refractivity contribution in [2.45, 2.75) is 0 Å². The van der Waals surface area contributed by atoms with Crippen molar-refractivity contribution in [3.8, 4) is 11.5 Å². The lowest BCUT2D eigenvalue weighted by Crippen LogP contribution is -2.44. The van der Waals surface area contributed by atoms with E-state index in [9.17, 15) is 0 Å². The Morgan fingerprint density at radius 2 is 2.11 bits per heavy atom. The van der Waals surface area contributed by atoms with Crippen molar-refractivity contribution >= 4 is 12.2 Å². The van der Waals surface area contributed by atoms with Crippen molar-refractivity contribution in [2.24, 2.45) is 0 Å². The molecule has 1 saturated heterocycles. The highest BCUT2D eigenvalue weighted by Gasteiger charge is 2.17. The molecule has 3 heterocycles. The van der Waals surface area contributed by atoms with E-state index in [4.69, 9.17) is 17.0 Å². The molecule has 1 N–H and O–H groups in total. The first-order valence-corrected chi connectivity index (χ1v) is 6.19. The number of pyridine rings is 1. The van der Waals surface area contributed by atoms with Gasteiger partial charge in [0.1, 0.15) is 5.69 Å². The molecule has 7 heteroatoms. The van der Waals surface area contributed by atoms with Gasteiger partial charge in [-0.3, -0.25) is 4.98 Å². The van der Waals surface area contributed by atoms with Gasteiger partial charge in [-0.2, -0.15) is 5.10 Å². The fourth-order valence-electron chi connectivity index (χ4n) is 1.97. The number of nitrogens with zero attached hydrogens (tertiary/aromatic N) is 4. The van der Waals surface area contributed by atoms with E-state index in [0.29, 0.717) is 18.0 Å². The normalized spacial score (nSPS) is 15.9. The van der Waals surface area contributed by atoms with Crippen molar-refractivity contribution < 1.29 is 4.74 Å². The zero-order valence-electron chi connectivity index (χ0n) is 9.74. The Balaban J connectivity index is 2.03. The second-order valence-corrected chi connectivity index (χ2v) is 4.33. The predicted molar refractivity (Wildman–Crippen MR) is 69.4 cm³/mol. The number of aromatic amines is 1. The van der Waals surface area contributed by atoms with E-state index in [0.717, 1.165) is 24.6 Å². The highest BCUT2D eigenvalue weighted by atomic mass is 32.1. The van der Waals surface area contributed by atoms with E-state index < -0.39 is 0 Å². The fourth-order valence-corrected chi connectivity index (χ4v) is 2.22. The van der Waals surface area contributed by atoms with Crippen LogP contribution in [-0.4, -0.2) is 46.2 Å². The molecule has 0 amide bonds. The van der Waals surface area contributed by atoms with Crippen molar-refractivity contribution in [2.75, 3.05) is 31.3 Å². The van der Waals surface area contributed by atoms with Gasteiger partial charge in [-0.05, 0) is 24.4 Å². The second kappa shape index (κ2) is 4.87. The van der Waals surface area contributed by atoms with Crippen LogP contribution in [0.25, 0.3) is 11.5 Å². The number of rotatable bonds is 2. The molecule has 0 spiro atoms. The van der Waals surface area contributed by atoms with Crippen LogP contribution in [0.5, 0.6) is 0 Å². The third-order valence-corrected chi connectivity index (χ3v) is 3.08. The van der Waals surface area contributed by atoms with Crippen LogP contribution in [-0.2, 0) is 4.74 Å². The minimum Gasteiger partial charge on any atom is -0.378 e. The molecule has 1 fully saturated rings. The third kappa shape index (κ3) is 2.02. The van der Waals surface area contributed by atoms with Gasteiger partial charge in [-0.25, -0.2) is 9.77 Å². The first kappa shape index (κ1) is 11.4. The van der Waals surface area contributed by atoms with E-state index in [1.807, 2.05) is 22.9 Å². The standard InChI is InChI=1S/C11H13N5OS/c18-11-14-13-10(9-3-1-2-4-12-9)16(11)15-5-7-17-8-6-15/h1-4H,5-8H2,(H,14,18). The number of morpholine rings is 1. The van der Waals surface area contributed by atoms with Crippen LogP contribution >= 0.6 is 12.2 Å². The predicted octanol–water partition coefficient (Wildman–Crippen LogP) is 0.971. The Labute approximate surface area is 109 Å². The summed E-state index contributed by atoms with van der Waals surface area (Å²) in [4.78, 5) is 4.31. The SMILES string of the molecule is S=c1[nH]nc(-c2ccccn2)n1N1CCOCC1. The zero-order valence-corrected chi connectivity index (χ0v) is 10.6. The Hall–Kier alpha value is -1.73. The van der Waals surface area contributed by atoms with Crippen molar-refractivity contribution in [3.05, 3.63) is 29.2 Å². The lowest BCUT2D eigenvalue weighted by Gasteiger charge is -2.29. The van der Waals surface area contributed by atoms with Gasteiger partial charge in [0.2, 0.25) is 4.77 Å². The van der Waals surface area contributed by atoms with Gasteiger partial charge < -0.3 is 9.75 Å². The molecule has 0 aliphatic carbocycles. The van der Waals surface area contributed by atoms with Crippen LogP contribution in [0.3, 0.4) is 0 Å². The van der Waals surface area contributed by atoms with Gasteiger partial charge in [-0.1, -0.05) is 6.07 Å².